The zero-order chi connectivity index (χ0) is 11.0. The molecule has 0 amide bonds. The van der Waals surface area contributed by atoms with Crippen LogP contribution in [0.1, 0.15) is 15.9 Å². The molecule has 1 aliphatic rings. The predicted octanol–water partition coefficient (Wildman–Crippen LogP) is 0.946. The molecule has 1 aromatic rings. The van der Waals surface area contributed by atoms with Crippen LogP contribution in [0.25, 0.3) is 0 Å². The van der Waals surface area contributed by atoms with Crippen molar-refractivity contribution in [1.82, 2.24) is 0 Å². The summed E-state index contributed by atoms with van der Waals surface area (Å²) in [6, 6.07) is 5.05. The Kier molecular flexibility index (Phi) is 2.19. The van der Waals surface area contributed by atoms with Crippen LogP contribution in [0, 0.1) is 0 Å². The van der Waals surface area contributed by atoms with Crippen LogP contribution in [0.15, 0.2) is 18.2 Å². The molecule has 4 nitrogen and oxygen atoms in total. The van der Waals surface area contributed by atoms with Gasteiger partial charge in [-0.2, -0.15) is 0 Å². The van der Waals surface area contributed by atoms with Crippen LogP contribution >= 0.6 is 0 Å². The average Bonchev–Trinajstić information content (AvgIpc) is 2.59. The Balaban J connectivity index is 2.39. The predicted molar refractivity (Wildman–Crippen MR) is 55.4 cm³/mol. The molecular formula is C11H11NO3. The maximum atomic E-state index is 11.2. The van der Waals surface area contributed by atoms with E-state index in [4.69, 9.17) is 5.11 Å². The fourth-order valence-electron chi connectivity index (χ4n) is 1.83. The minimum Gasteiger partial charge on any atom is -0.475 e. The number of carbonyl (C=O) groups excluding carboxylic acids is 1. The number of likely N-dealkylation sites (N-methyl/N-ethyl adjacent to an activating group) is 1. The number of nitrogens with zero attached hydrogens (tertiary/aromatic N) is 1. The summed E-state index contributed by atoms with van der Waals surface area (Å²) in [5.74, 6) is -2.24. The summed E-state index contributed by atoms with van der Waals surface area (Å²) in [5.41, 5.74) is 2.39. The van der Waals surface area contributed by atoms with Crippen molar-refractivity contribution in [2.45, 2.75) is 6.42 Å². The van der Waals surface area contributed by atoms with Gasteiger partial charge < -0.3 is 10.0 Å². The quantitative estimate of drug-likeness (QED) is 0.576. The third-order valence-electron chi connectivity index (χ3n) is 2.66. The second-order valence-corrected chi connectivity index (χ2v) is 3.65. The molecule has 4 heteroatoms. The fraction of sp³-hybridized carbons (Fsp3) is 0.273. The Morgan fingerprint density at radius 3 is 2.80 bits per heavy atom. The minimum atomic E-state index is -1.40. The molecule has 0 fully saturated rings. The number of carboxylic acid groups (broad SMARTS) is 1. The van der Waals surface area contributed by atoms with Crippen LogP contribution < -0.4 is 4.90 Å². The van der Waals surface area contributed by atoms with Gasteiger partial charge in [-0.25, -0.2) is 4.79 Å². The minimum absolute atomic E-state index is 0.261. The van der Waals surface area contributed by atoms with E-state index in [1.54, 1.807) is 18.2 Å². The lowest BCUT2D eigenvalue weighted by atomic mass is 10.1. The molecule has 0 spiro atoms. The van der Waals surface area contributed by atoms with Gasteiger partial charge in [-0.3, -0.25) is 4.79 Å². The normalized spacial score (nSPS) is 13.8. The van der Waals surface area contributed by atoms with Crippen LogP contribution in [0.4, 0.5) is 5.69 Å². The van der Waals surface area contributed by atoms with Gasteiger partial charge in [0.05, 0.1) is 0 Å². The van der Waals surface area contributed by atoms with E-state index < -0.39 is 11.8 Å². The number of ketones is 1. The number of anilines is 1. The highest BCUT2D eigenvalue weighted by molar-refractivity contribution is 6.39. The molecule has 1 N–H and O–H groups in total. The molecule has 15 heavy (non-hydrogen) atoms. The van der Waals surface area contributed by atoms with E-state index >= 15 is 0 Å². The monoisotopic (exact) mass is 205 g/mol. The highest BCUT2D eigenvalue weighted by Crippen LogP contribution is 2.27. The summed E-state index contributed by atoms with van der Waals surface area (Å²) < 4.78 is 0. The van der Waals surface area contributed by atoms with Crippen LogP contribution in [-0.4, -0.2) is 30.5 Å². The molecule has 0 saturated heterocycles. The summed E-state index contributed by atoms with van der Waals surface area (Å²) in [4.78, 5) is 23.8. The van der Waals surface area contributed by atoms with Gasteiger partial charge in [-0.15, -0.1) is 0 Å². The zero-order valence-corrected chi connectivity index (χ0v) is 8.36. The number of benzene rings is 1. The van der Waals surface area contributed by atoms with E-state index in [0.717, 1.165) is 24.2 Å². The Bertz CT molecular complexity index is 439. The number of fused-ring (bicyclic) bond motifs is 1. The van der Waals surface area contributed by atoms with Crippen molar-refractivity contribution in [3.63, 3.8) is 0 Å². The van der Waals surface area contributed by atoms with E-state index in [0.29, 0.717) is 0 Å². The second-order valence-electron chi connectivity index (χ2n) is 3.65. The topological polar surface area (TPSA) is 57.6 Å². The average molecular weight is 205 g/mol. The van der Waals surface area contributed by atoms with E-state index in [9.17, 15) is 9.59 Å². The lowest BCUT2D eigenvalue weighted by Gasteiger charge is -2.11. The van der Waals surface area contributed by atoms with E-state index in [2.05, 4.69) is 4.90 Å². The molecule has 0 atom stereocenters. The number of hydrogen-bond donors (Lipinski definition) is 1. The second kappa shape index (κ2) is 3.38. The smallest absolute Gasteiger partial charge is 0.377 e. The number of aliphatic carboxylic acids is 1. The number of hydrogen-bond acceptors (Lipinski definition) is 3. The summed E-state index contributed by atoms with van der Waals surface area (Å²) in [6.45, 7) is 0.917. The molecule has 1 aliphatic heterocycles. The zero-order valence-electron chi connectivity index (χ0n) is 8.36. The van der Waals surface area contributed by atoms with Crippen molar-refractivity contribution in [3.8, 4) is 0 Å². The van der Waals surface area contributed by atoms with Crippen molar-refractivity contribution in [2.24, 2.45) is 0 Å². The van der Waals surface area contributed by atoms with E-state index in [-0.39, 0.29) is 5.56 Å². The first-order valence-corrected chi connectivity index (χ1v) is 4.71. The third-order valence-corrected chi connectivity index (χ3v) is 2.66. The van der Waals surface area contributed by atoms with Gasteiger partial charge in [0.15, 0.2) is 0 Å². The number of carboxylic acids is 1. The van der Waals surface area contributed by atoms with Crippen molar-refractivity contribution in [1.29, 1.82) is 0 Å². The summed E-state index contributed by atoms with van der Waals surface area (Å²) in [5, 5.41) is 8.58. The number of rotatable bonds is 2. The standard InChI is InChI=1S/C11H11NO3/c1-12-5-4-7-6-8(2-3-9(7)12)10(13)11(14)15/h2-3,6H,4-5H2,1H3,(H,14,15). The maximum absolute atomic E-state index is 11.2. The largest absolute Gasteiger partial charge is 0.475 e. The Morgan fingerprint density at radius 2 is 2.13 bits per heavy atom. The highest BCUT2D eigenvalue weighted by Gasteiger charge is 2.20. The first kappa shape index (κ1) is 9.71. The number of carbonyl (C=O) groups is 2. The Morgan fingerprint density at radius 1 is 1.40 bits per heavy atom. The molecule has 0 unspecified atom stereocenters. The van der Waals surface area contributed by atoms with Gasteiger partial charge in [0.25, 0.3) is 5.78 Å². The molecule has 78 valence electrons. The summed E-state index contributed by atoms with van der Waals surface area (Å²) in [6.07, 6.45) is 0.868. The van der Waals surface area contributed by atoms with Gasteiger partial charge >= 0.3 is 5.97 Å². The van der Waals surface area contributed by atoms with Gasteiger partial charge in [-0.1, -0.05) is 0 Å². The van der Waals surface area contributed by atoms with Gasteiger partial charge in [0.2, 0.25) is 0 Å². The maximum Gasteiger partial charge on any atom is 0.377 e. The molecule has 0 saturated carbocycles. The first-order valence-electron chi connectivity index (χ1n) is 4.71. The number of Topliss-reactive ketones (excluding diaryl/α,β-unsaturated/α-hetero) is 1. The van der Waals surface area contributed by atoms with E-state index in [1.165, 1.54) is 0 Å². The van der Waals surface area contributed by atoms with E-state index in [1.807, 2.05) is 7.05 Å². The lowest BCUT2D eigenvalue weighted by molar-refractivity contribution is -0.131. The van der Waals surface area contributed by atoms with Gasteiger partial charge in [0, 0.05) is 24.8 Å². The molecular weight excluding hydrogens is 194 g/mol. The van der Waals surface area contributed by atoms with Gasteiger partial charge in [-0.05, 0) is 30.2 Å². The van der Waals surface area contributed by atoms with Gasteiger partial charge in [0.1, 0.15) is 0 Å². The summed E-state index contributed by atoms with van der Waals surface area (Å²) in [7, 11) is 1.98. The van der Waals surface area contributed by atoms with Crippen molar-refractivity contribution < 1.29 is 14.7 Å². The third kappa shape index (κ3) is 1.58. The summed E-state index contributed by atoms with van der Waals surface area (Å²) >= 11 is 0. The molecule has 0 bridgehead atoms. The SMILES string of the molecule is CN1CCc2cc(C(=O)C(=O)O)ccc21. The highest BCUT2D eigenvalue weighted by atomic mass is 16.4. The molecule has 0 radical (unpaired) electrons. The van der Waals surface area contributed by atoms with Crippen molar-refractivity contribution >= 4 is 17.4 Å². The molecule has 0 aliphatic carbocycles. The van der Waals surface area contributed by atoms with Crippen LogP contribution in [-0.2, 0) is 11.2 Å². The van der Waals surface area contributed by atoms with Crippen LogP contribution in [0.3, 0.4) is 0 Å². The fourth-order valence-corrected chi connectivity index (χ4v) is 1.83. The molecule has 0 aromatic heterocycles. The first-order chi connectivity index (χ1) is 7.09. The van der Waals surface area contributed by atoms with Crippen molar-refractivity contribution in [3.05, 3.63) is 29.3 Å². The Labute approximate surface area is 87.1 Å². The molecule has 1 aromatic carbocycles. The molecule has 1 heterocycles. The van der Waals surface area contributed by atoms with Crippen LogP contribution in [0.5, 0.6) is 0 Å². The lowest BCUT2D eigenvalue weighted by Crippen LogP contribution is -2.13. The Hall–Kier alpha value is -1.84. The molecule has 2 rings (SSSR count). The van der Waals surface area contributed by atoms with Crippen LogP contribution in [0.2, 0.25) is 0 Å². The van der Waals surface area contributed by atoms with Crippen molar-refractivity contribution in [2.75, 3.05) is 18.5 Å².